The Labute approximate surface area is 201 Å². The maximum absolute atomic E-state index is 12.8. The molecule has 34 heavy (non-hydrogen) atoms. The number of thioether (sulfide) groups is 1. The Kier molecular flexibility index (Phi) is 6.39. The highest BCUT2D eigenvalue weighted by Crippen LogP contribution is 2.27. The summed E-state index contributed by atoms with van der Waals surface area (Å²) >= 11 is 1.30. The normalized spacial score (nSPS) is 13.6. The lowest BCUT2D eigenvalue weighted by Gasteiger charge is -2.15. The van der Waals surface area contributed by atoms with Crippen LogP contribution in [0.5, 0.6) is 5.75 Å². The lowest BCUT2D eigenvalue weighted by atomic mass is 10.3. The number of anilines is 1. The van der Waals surface area contributed by atoms with E-state index in [1.807, 2.05) is 69.3 Å². The fourth-order valence-corrected chi connectivity index (χ4v) is 5.00. The van der Waals surface area contributed by atoms with Gasteiger partial charge in [-0.2, -0.15) is 0 Å². The molecule has 0 bridgehead atoms. The first-order valence-electron chi connectivity index (χ1n) is 11.4. The molecule has 2 aromatic carbocycles. The number of carbonyl (C=O) groups is 2. The minimum absolute atomic E-state index is 0.0882. The monoisotopic (exact) mass is 478 g/mol. The molecule has 9 nitrogen and oxygen atoms in total. The van der Waals surface area contributed by atoms with Gasteiger partial charge in [0.15, 0.2) is 5.16 Å². The molecule has 1 aliphatic rings. The number of aromatic nitrogens is 4. The number of ether oxygens (including phenoxy) is 1. The third-order valence-electron chi connectivity index (χ3n) is 5.82. The molecule has 0 aliphatic carbocycles. The third-order valence-corrected chi connectivity index (χ3v) is 6.75. The Morgan fingerprint density at radius 1 is 1.03 bits per heavy atom. The molecule has 1 fully saturated rings. The molecular formula is C24H26N6O3S. The molecule has 3 heterocycles. The van der Waals surface area contributed by atoms with Crippen molar-refractivity contribution in [3.63, 3.8) is 0 Å². The van der Waals surface area contributed by atoms with Crippen LogP contribution in [0.1, 0.15) is 19.8 Å². The van der Waals surface area contributed by atoms with Crippen LogP contribution in [0.4, 0.5) is 5.69 Å². The standard InChI is InChI=1S/C24H26N6O3S/c1-2-33-20-12-6-3-9-17(20)25-21(31)16-34-24-27-26-23-29(15-22(32)28-13-7-8-14-28)18-10-4-5-11-19(18)30(23)24/h3-6,9-12H,2,7-8,13-16H2,1H3,(H,25,31). The molecule has 1 aliphatic heterocycles. The van der Waals surface area contributed by atoms with Gasteiger partial charge in [0.05, 0.1) is 29.1 Å². The van der Waals surface area contributed by atoms with E-state index in [0.29, 0.717) is 29.0 Å². The van der Waals surface area contributed by atoms with E-state index in [0.717, 1.165) is 37.0 Å². The van der Waals surface area contributed by atoms with Crippen LogP contribution in [-0.2, 0) is 16.1 Å². The van der Waals surface area contributed by atoms with E-state index in [9.17, 15) is 9.59 Å². The zero-order chi connectivity index (χ0) is 23.5. The molecule has 5 rings (SSSR count). The second-order valence-corrected chi connectivity index (χ2v) is 8.99. The first kappa shape index (κ1) is 22.3. The maximum Gasteiger partial charge on any atom is 0.242 e. The van der Waals surface area contributed by atoms with Crippen molar-refractivity contribution in [2.24, 2.45) is 0 Å². The summed E-state index contributed by atoms with van der Waals surface area (Å²) < 4.78 is 9.41. The highest BCUT2D eigenvalue weighted by molar-refractivity contribution is 7.99. The highest BCUT2D eigenvalue weighted by Gasteiger charge is 2.23. The van der Waals surface area contributed by atoms with Crippen molar-refractivity contribution in [1.29, 1.82) is 0 Å². The Hall–Kier alpha value is -3.53. The summed E-state index contributed by atoms with van der Waals surface area (Å²) in [4.78, 5) is 27.4. The molecule has 0 unspecified atom stereocenters. The zero-order valence-electron chi connectivity index (χ0n) is 18.9. The molecule has 1 saturated heterocycles. The van der Waals surface area contributed by atoms with Gasteiger partial charge in [0, 0.05) is 13.1 Å². The van der Waals surface area contributed by atoms with Crippen LogP contribution in [-0.4, -0.2) is 61.3 Å². The number of imidazole rings is 1. The number of nitrogens with zero attached hydrogens (tertiary/aromatic N) is 5. The van der Waals surface area contributed by atoms with E-state index in [4.69, 9.17) is 4.74 Å². The average molecular weight is 479 g/mol. The van der Waals surface area contributed by atoms with Gasteiger partial charge in [-0.1, -0.05) is 36.0 Å². The fraction of sp³-hybridized carbons (Fsp3) is 0.333. The van der Waals surface area contributed by atoms with Crippen molar-refractivity contribution in [3.05, 3.63) is 48.5 Å². The predicted octanol–water partition coefficient (Wildman–Crippen LogP) is 3.44. The number of nitrogens with one attached hydrogen (secondary N) is 1. The smallest absolute Gasteiger partial charge is 0.242 e. The number of rotatable bonds is 8. The number of para-hydroxylation sites is 4. The summed E-state index contributed by atoms with van der Waals surface area (Å²) in [5.74, 6) is 1.32. The van der Waals surface area contributed by atoms with Crippen LogP contribution < -0.4 is 10.1 Å². The number of hydrogen-bond donors (Lipinski definition) is 1. The van der Waals surface area contributed by atoms with E-state index in [-0.39, 0.29) is 24.1 Å². The molecule has 0 radical (unpaired) electrons. The number of benzene rings is 2. The zero-order valence-corrected chi connectivity index (χ0v) is 19.8. The van der Waals surface area contributed by atoms with Crippen LogP contribution in [0.3, 0.4) is 0 Å². The summed E-state index contributed by atoms with van der Waals surface area (Å²) in [6, 6.07) is 15.2. The lowest BCUT2D eigenvalue weighted by Crippen LogP contribution is -2.31. The summed E-state index contributed by atoms with van der Waals surface area (Å²) in [5.41, 5.74) is 2.46. The Morgan fingerprint density at radius 2 is 1.76 bits per heavy atom. The molecule has 4 aromatic rings. The van der Waals surface area contributed by atoms with Gasteiger partial charge in [0.1, 0.15) is 12.3 Å². The van der Waals surface area contributed by atoms with Gasteiger partial charge in [-0.05, 0) is 44.0 Å². The van der Waals surface area contributed by atoms with E-state index in [1.54, 1.807) is 0 Å². The fourth-order valence-electron chi connectivity index (χ4n) is 4.26. The SMILES string of the molecule is CCOc1ccccc1NC(=O)CSc1nnc2n(CC(=O)N3CCCC3)c3ccccc3n12. The number of amides is 2. The molecule has 10 heteroatoms. The van der Waals surface area contributed by atoms with E-state index < -0.39 is 0 Å². The Balaban J connectivity index is 1.36. The van der Waals surface area contributed by atoms with Crippen LogP contribution in [0.15, 0.2) is 53.7 Å². The third kappa shape index (κ3) is 4.33. The first-order valence-corrected chi connectivity index (χ1v) is 12.4. The molecule has 2 amide bonds. The van der Waals surface area contributed by atoms with Gasteiger partial charge >= 0.3 is 0 Å². The number of likely N-dealkylation sites (tertiary alicyclic amines) is 1. The van der Waals surface area contributed by atoms with Gasteiger partial charge in [0.2, 0.25) is 17.6 Å². The van der Waals surface area contributed by atoms with E-state index in [2.05, 4.69) is 15.5 Å². The molecule has 1 N–H and O–H groups in total. The molecule has 0 saturated carbocycles. The second-order valence-electron chi connectivity index (χ2n) is 8.05. The second kappa shape index (κ2) is 9.76. The number of fused-ring (bicyclic) bond motifs is 3. The summed E-state index contributed by atoms with van der Waals surface area (Å²) in [7, 11) is 0. The number of carbonyl (C=O) groups excluding carboxylic acids is 2. The molecule has 0 atom stereocenters. The largest absolute Gasteiger partial charge is 0.492 e. The summed E-state index contributed by atoms with van der Waals surface area (Å²) in [6.07, 6.45) is 2.10. The summed E-state index contributed by atoms with van der Waals surface area (Å²) in [6.45, 7) is 4.26. The quantitative estimate of drug-likeness (QED) is 0.390. The van der Waals surface area contributed by atoms with Crippen molar-refractivity contribution in [2.45, 2.75) is 31.5 Å². The average Bonchev–Trinajstić information content (AvgIpc) is 3.58. The molecule has 0 spiro atoms. The van der Waals surface area contributed by atoms with Crippen LogP contribution >= 0.6 is 11.8 Å². The first-order chi connectivity index (χ1) is 16.7. The highest BCUT2D eigenvalue weighted by atomic mass is 32.2. The van der Waals surface area contributed by atoms with E-state index in [1.165, 1.54) is 11.8 Å². The Bertz CT molecular complexity index is 1340. The minimum Gasteiger partial charge on any atom is -0.492 e. The topological polar surface area (TPSA) is 93.8 Å². The van der Waals surface area contributed by atoms with E-state index >= 15 is 0 Å². The van der Waals surface area contributed by atoms with Crippen molar-refractivity contribution >= 4 is 46.1 Å². The predicted molar refractivity (Wildman–Crippen MR) is 131 cm³/mol. The van der Waals surface area contributed by atoms with Crippen molar-refractivity contribution in [2.75, 3.05) is 30.8 Å². The van der Waals surface area contributed by atoms with Crippen molar-refractivity contribution in [3.8, 4) is 5.75 Å². The van der Waals surface area contributed by atoms with Gasteiger partial charge in [-0.25, -0.2) is 0 Å². The minimum atomic E-state index is -0.165. The molecule has 2 aromatic heterocycles. The maximum atomic E-state index is 12.8. The molecule has 176 valence electrons. The van der Waals surface area contributed by atoms with Gasteiger partial charge in [-0.3, -0.25) is 18.6 Å². The van der Waals surface area contributed by atoms with Crippen LogP contribution in [0.25, 0.3) is 16.8 Å². The Morgan fingerprint density at radius 3 is 2.56 bits per heavy atom. The number of hydrogen-bond acceptors (Lipinski definition) is 6. The van der Waals surface area contributed by atoms with Crippen molar-refractivity contribution < 1.29 is 14.3 Å². The summed E-state index contributed by atoms with van der Waals surface area (Å²) in [5, 5.41) is 12.2. The van der Waals surface area contributed by atoms with Gasteiger partial charge < -0.3 is 15.0 Å². The molecular weight excluding hydrogens is 452 g/mol. The van der Waals surface area contributed by atoms with Crippen molar-refractivity contribution in [1.82, 2.24) is 24.1 Å². The van der Waals surface area contributed by atoms with Crippen LogP contribution in [0.2, 0.25) is 0 Å². The van der Waals surface area contributed by atoms with Gasteiger partial charge in [-0.15, -0.1) is 10.2 Å². The van der Waals surface area contributed by atoms with Crippen LogP contribution in [0, 0.1) is 0 Å². The van der Waals surface area contributed by atoms with Gasteiger partial charge in [0.25, 0.3) is 0 Å². The lowest BCUT2D eigenvalue weighted by molar-refractivity contribution is -0.130.